The van der Waals surface area contributed by atoms with E-state index in [1.54, 1.807) is 11.3 Å². The van der Waals surface area contributed by atoms with Gasteiger partial charge in [0.1, 0.15) is 0 Å². The number of aromatic nitrogens is 1. The Kier molecular flexibility index (Phi) is 7.47. The third-order valence-corrected chi connectivity index (χ3v) is 4.10. The van der Waals surface area contributed by atoms with E-state index in [0.29, 0.717) is 5.92 Å². The maximum atomic E-state index is 4.64. The van der Waals surface area contributed by atoms with Gasteiger partial charge in [-0.2, -0.15) is 0 Å². The topological polar surface area (TPSA) is 28.2 Å². The van der Waals surface area contributed by atoms with Crippen LogP contribution in [0.5, 0.6) is 0 Å². The van der Waals surface area contributed by atoms with E-state index in [0.717, 1.165) is 39.1 Å². The molecule has 0 atom stereocenters. The smallest absolute Gasteiger partial charge is 0.0941 e. The minimum atomic E-state index is 0.547. The van der Waals surface area contributed by atoms with E-state index in [2.05, 4.69) is 48.3 Å². The van der Waals surface area contributed by atoms with Gasteiger partial charge in [0.15, 0.2) is 0 Å². The lowest BCUT2D eigenvalue weighted by atomic mass is 10.2. The van der Waals surface area contributed by atoms with Crippen LogP contribution in [0.3, 0.4) is 0 Å². The molecule has 1 rings (SSSR count). The fraction of sp³-hybridized carbons (Fsp3) is 0.786. The van der Waals surface area contributed by atoms with Crippen LogP contribution in [-0.4, -0.2) is 42.6 Å². The molecule has 0 aliphatic heterocycles. The molecular weight excluding hydrogens is 242 g/mol. The van der Waals surface area contributed by atoms with Gasteiger partial charge in [0.25, 0.3) is 0 Å². The number of likely N-dealkylation sites (N-methyl/N-ethyl adjacent to an activating group) is 1. The first kappa shape index (κ1) is 15.6. The van der Waals surface area contributed by atoms with Crippen LogP contribution in [-0.2, 0) is 6.42 Å². The van der Waals surface area contributed by atoms with Crippen molar-refractivity contribution in [3.8, 4) is 0 Å². The Morgan fingerprint density at radius 2 is 2.00 bits per heavy atom. The molecule has 0 bridgehead atoms. The number of nitrogens with zero attached hydrogens (tertiary/aromatic N) is 2. The van der Waals surface area contributed by atoms with Crippen LogP contribution in [0, 0.1) is 0 Å². The van der Waals surface area contributed by atoms with E-state index in [1.165, 1.54) is 10.7 Å². The summed E-state index contributed by atoms with van der Waals surface area (Å²) in [5.74, 6) is 0.547. The van der Waals surface area contributed by atoms with Crippen molar-refractivity contribution < 1.29 is 0 Å². The molecule has 4 heteroatoms. The number of nitrogens with one attached hydrogen (secondary N) is 1. The first-order valence-corrected chi connectivity index (χ1v) is 7.92. The molecule has 0 aliphatic carbocycles. The monoisotopic (exact) mass is 269 g/mol. The van der Waals surface area contributed by atoms with Crippen molar-refractivity contribution in [2.45, 2.75) is 40.0 Å². The van der Waals surface area contributed by atoms with Crippen LogP contribution >= 0.6 is 11.3 Å². The Balaban J connectivity index is 2.13. The summed E-state index contributed by atoms with van der Waals surface area (Å²) in [7, 11) is 0. The van der Waals surface area contributed by atoms with Gasteiger partial charge in [-0.3, -0.25) is 0 Å². The molecule has 1 aromatic heterocycles. The predicted molar refractivity (Wildman–Crippen MR) is 80.6 cm³/mol. The third-order valence-electron chi connectivity index (χ3n) is 3.18. The van der Waals surface area contributed by atoms with Crippen molar-refractivity contribution in [1.82, 2.24) is 15.2 Å². The van der Waals surface area contributed by atoms with Gasteiger partial charge in [0, 0.05) is 31.4 Å². The molecule has 1 heterocycles. The minimum absolute atomic E-state index is 0.547. The summed E-state index contributed by atoms with van der Waals surface area (Å²) < 4.78 is 0. The molecule has 0 saturated heterocycles. The second-order valence-electron chi connectivity index (χ2n) is 4.85. The van der Waals surface area contributed by atoms with Crippen molar-refractivity contribution in [2.75, 3.05) is 32.7 Å². The average Bonchev–Trinajstić information content (AvgIpc) is 2.83. The average molecular weight is 269 g/mol. The van der Waals surface area contributed by atoms with Crippen LogP contribution in [0.1, 0.15) is 44.3 Å². The Hall–Kier alpha value is -0.450. The standard InChI is InChI=1S/C14H27N3S/c1-5-17(6-2)10-9-15-8-7-14-16-13(11-18-14)12(3)4/h11-12,15H,5-10H2,1-4H3. The fourth-order valence-corrected chi connectivity index (χ4v) is 2.76. The molecule has 104 valence electrons. The van der Waals surface area contributed by atoms with Crippen molar-refractivity contribution in [3.63, 3.8) is 0 Å². The summed E-state index contributed by atoms with van der Waals surface area (Å²) in [6, 6.07) is 0. The van der Waals surface area contributed by atoms with Crippen LogP contribution in [0.2, 0.25) is 0 Å². The summed E-state index contributed by atoms with van der Waals surface area (Å²) in [5, 5.41) is 6.95. The van der Waals surface area contributed by atoms with Crippen molar-refractivity contribution >= 4 is 11.3 Å². The molecular formula is C14H27N3S. The SMILES string of the molecule is CCN(CC)CCNCCc1nc(C(C)C)cs1. The van der Waals surface area contributed by atoms with Crippen LogP contribution < -0.4 is 5.32 Å². The highest BCUT2D eigenvalue weighted by atomic mass is 32.1. The Morgan fingerprint density at radius 1 is 1.28 bits per heavy atom. The van der Waals surface area contributed by atoms with E-state index in [-0.39, 0.29) is 0 Å². The zero-order chi connectivity index (χ0) is 13.4. The van der Waals surface area contributed by atoms with Gasteiger partial charge in [-0.1, -0.05) is 27.7 Å². The maximum absolute atomic E-state index is 4.64. The number of rotatable bonds is 9. The van der Waals surface area contributed by atoms with Gasteiger partial charge in [-0.05, 0) is 19.0 Å². The van der Waals surface area contributed by atoms with E-state index < -0.39 is 0 Å². The largest absolute Gasteiger partial charge is 0.315 e. The molecule has 0 aromatic carbocycles. The summed E-state index contributed by atoms with van der Waals surface area (Å²) in [4.78, 5) is 7.08. The van der Waals surface area contributed by atoms with E-state index in [1.807, 2.05) is 0 Å². The Morgan fingerprint density at radius 3 is 2.56 bits per heavy atom. The molecule has 0 saturated carbocycles. The van der Waals surface area contributed by atoms with Crippen LogP contribution in [0.4, 0.5) is 0 Å². The maximum Gasteiger partial charge on any atom is 0.0941 e. The molecule has 0 fully saturated rings. The molecule has 0 spiro atoms. The van der Waals surface area contributed by atoms with E-state index in [9.17, 15) is 0 Å². The van der Waals surface area contributed by atoms with Gasteiger partial charge in [0.2, 0.25) is 0 Å². The molecule has 0 amide bonds. The lowest BCUT2D eigenvalue weighted by molar-refractivity contribution is 0.303. The first-order chi connectivity index (χ1) is 8.67. The summed E-state index contributed by atoms with van der Waals surface area (Å²) in [6.45, 7) is 14.4. The normalized spacial score (nSPS) is 11.7. The molecule has 1 aromatic rings. The number of hydrogen-bond acceptors (Lipinski definition) is 4. The quantitative estimate of drug-likeness (QED) is 0.699. The third kappa shape index (κ3) is 5.46. The summed E-state index contributed by atoms with van der Waals surface area (Å²) in [6.07, 6.45) is 1.05. The molecule has 1 N–H and O–H groups in total. The second-order valence-corrected chi connectivity index (χ2v) is 5.79. The number of hydrogen-bond donors (Lipinski definition) is 1. The molecule has 18 heavy (non-hydrogen) atoms. The second kappa shape index (κ2) is 8.62. The van der Waals surface area contributed by atoms with Crippen LogP contribution in [0.25, 0.3) is 0 Å². The molecule has 3 nitrogen and oxygen atoms in total. The summed E-state index contributed by atoms with van der Waals surface area (Å²) in [5.41, 5.74) is 1.23. The van der Waals surface area contributed by atoms with Gasteiger partial charge in [-0.15, -0.1) is 11.3 Å². The fourth-order valence-electron chi connectivity index (χ4n) is 1.80. The van der Waals surface area contributed by atoms with Crippen molar-refractivity contribution in [3.05, 3.63) is 16.1 Å². The number of thiazole rings is 1. The molecule has 0 radical (unpaired) electrons. The lowest BCUT2D eigenvalue weighted by Crippen LogP contribution is -2.32. The highest BCUT2D eigenvalue weighted by Crippen LogP contribution is 2.17. The van der Waals surface area contributed by atoms with E-state index in [4.69, 9.17) is 0 Å². The first-order valence-electron chi connectivity index (χ1n) is 7.04. The summed E-state index contributed by atoms with van der Waals surface area (Å²) >= 11 is 1.79. The Bertz CT molecular complexity index is 319. The molecule has 0 unspecified atom stereocenters. The van der Waals surface area contributed by atoms with Crippen LogP contribution in [0.15, 0.2) is 5.38 Å². The molecule has 0 aliphatic rings. The van der Waals surface area contributed by atoms with Crippen molar-refractivity contribution in [1.29, 1.82) is 0 Å². The van der Waals surface area contributed by atoms with Gasteiger partial charge < -0.3 is 10.2 Å². The highest BCUT2D eigenvalue weighted by molar-refractivity contribution is 7.09. The minimum Gasteiger partial charge on any atom is -0.315 e. The predicted octanol–water partition coefficient (Wildman–Crippen LogP) is 2.74. The zero-order valence-electron chi connectivity index (χ0n) is 12.2. The Labute approximate surface area is 116 Å². The zero-order valence-corrected chi connectivity index (χ0v) is 13.0. The highest BCUT2D eigenvalue weighted by Gasteiger charge is 2.05. The van der Waals surface area contributed by atoms with Gasteiger partial charge in [0.05, 0.1) is 10.7 Å². The van der Waals surface area contributed by atoms with Gasteiger partial charge in [-0.25, -0.2) is 4.98 Å². The van der Waals surface area contributed by atoms with Gasteiger partial charge >= 0.3 is 0 Å². The van der Waals surface area contributed by atoms with Crippen molar-refractivity contribution in [2.24, 2.45) is 0 Å². The van der Waals surface area contributed by atoms with E-state index >= 15 is 0 Å². The lowest BCUT2D eigenvalue weighted by Gasteiger charge is -2.17.